The first-order valence-electron chi connectivity index (χ1n) is 11.2. The summed E-state index contributed by atoms with van der Waals surface area (Å²) >= 11 is 0. The maximum Gasteiger partial charge on any atom is 0.407 e. The summed E-state index contributed by atoms with van der Waals surface area (Å²) in [6.07, 6.45) is 3.56. The van der Waals surface area contributed by atoms with E-state index in [0.29, 0.717) is 6.54 Å². The lowest BCUT2D eigenvalue weighted by Crippen LogP contribution is -2.65. The minimum Gasteiger partial charge on any atom is -0.445 e. The highest BCUT2D eigenvalue weighted by Gasteiger charge is 2.48. The molecule has 0 radical (unpaired) electrons. The SMILES string of the molecule is C[C@H](NC(=O)OCc1ccccc1)[C@H]1C(=O)N(Cc2ccccc2)[C@@H]1/C=C/c1ccccc1. The fraction of sp³-hybridized carbons (Fsp3) is 0.214. The molecule has 1 heterocycles. The number of alkyl carbamates (subject to hydrolysis) is 1. The van der Waals surface area contributed by atoms with Crippen molar-refractivity contribution in [1.29, 1.82) is 0 Å². The first-order valence-corrected chi connectivity index (χ1v) is 11.2. The Hall–Kier alpha value is -3.86. The van der Waals surface area contributed by atoms with E-state index in [1.165, 1.54) is 0 Å². The number of benzene rings is 3. The third-order valence-corrected chi connectivity index (χ3v) is 5.87. The summed E-state index contributed by atoms with van der Waals surface area (Å²) in [4.78, 5) is 27.3. The van der Waals surface area contributed by atoms with Gasteiger partial charge in [0.05, 0.1) is 12.0 Å². The van der Waals surface area contributed by atoms with Gasteiger partial charge in [-0.15, -0.1) is 0 Å². The van der Waals surface area contributed by atoms with Crippen molar-refractivity contribution in [2.45, 2.75) is 32.2 Å². The van der Waals surface area contributed by atoms with E-state index in [4.69, 9.17) is 4.74 Å². The van der Waals surface area contributed by atoms with E-state index < -0.39 is 6.09 Å². The molecule has 1 saturated heterocycles. The minimum absolute atomic E-state index is 0.0254. The van der Waals surface area contributed by atoms with Crippen LogP contribution in [0.3, 0.4) is 0 Å². The average Bonchev–Trinajstić information content (AvgIpc) is 2.85. The number of rotatable bonds is 8. The molecule has 0 bridgehead atoms. The Labute approximate surface area is 194 Å². The van der Waals surface area contributed by atoms with Crippen molar-refractivity contribution in [3.8, 4) is 0 Å². The number of hydrogen-bond donors (Lipinski definition) is 1. The Kier molecular flexibility index (Phi) is 7.20. The van der Waals surface area contributed by atoms with Gasteiger partial charge < -0.3 is 15.0 Å². The maximum atomic E-state index is 13.1. The van der Waals surface area contributed by atoms with Crippen molar-refractivity contribution in [3.63, 3.8) is 0 Å². The summed E-state index contributed by atoms with van der Waals surface area (Å²) < 4.78 is 5.35. The van der Waals surface area contributed by atoms with Gasteiger partial charge >= 0.3 is 6.09 Å². The van der Waals surface area contributed by atoms with Gasteiger partial charge in [-0.3, -0.25) is 4.79 Å². The molecule has 0 aromatic heterocycles. The van der Waals surface area contributed by atoms with E-state index in [9.17, 15) is 9.59 Å². The molecule has 1 aliphatic heterocycles. The molecule has 0 aliphatic carbocycles. The smallest absolute Gasteiger partial charge is 0.407 e. The fourth-order valence-electron chi connectivity index (χ4n) is 4.11. The first kappa shape index (κ1) is 22.3. The molecule has 2 amide bonds. The third-order valence-electron chi connectivity index (χ3n) is 5.87. The van der Waals surface area contributed by atoms with E-state index in [1.54, 1.807) is 0 Å². The molecule has 4 rings (SSSR count). The first-order chi connectivity index (χ1) is 16.1. The summed E-state index contributed by atoms with van der Waals surface area (Å²) in [6, 6.07) is 29.0. The quantitative estimate of drug-likeness (QED) is 0.499. The Morgan fingerprint density at radius 1 is 0.939 bits per heavy atom. The minimum atomic E-state index is -0.522. The molecule has 1 aliphatic rings. The van der Waals surface area contributed by atoms with E-state index in [1.807, 2.05) is 109 Å². The van der Waals surface area contributed by atoms with Gasteiger partial charge in [0.2, 0.25) is 5.91 Å². The predicted molar refractivity (Wildman–Crippen MR) is 129 cm³/mol. The van der Waals surface area contributed by atoms with Gasteiger partial charge in [-0.2, -0.15) is 0 Å². The molecule has 5 nitrogen and oxygen atoms in total. The second-order valence-electron chi connectivity index (χ2n) is 8.23. The summed E-state index contributed by atoms with van der Waals surface area (Å²) in [5, 5.41) is 2.85. The Morgan fingerprint density at radius 3 is 2.15 bits per heavy atom. The van der Waals surface area contributed by atoms with Crippen LogP contribution in [-0.2, 0) is 22.7 Å². The molecular weight excluding hydrogens is 412 g/mol. The topological polar surface area (TPSA) is 58.6 Å². The van der Waals surface area contributed by atoms with Crippen LogP contribution < -0.4 is 5.32 Å². The van der Waals surface area contributed by atoms with Crippen molar-refractivity contribution in [1.82, 2.24) is 10.2 Å². The number of amides is 2. The molecular formula is C28H28N2O3. The van der Waals surface area contributed by atoms with Crippen LogP contribution in [0, 0.1) is 5.92 Å². The van der Waals surface area contributed by atoms with Crippen LogP contribution in [0.2, 0.25) is 0 Å². The molecule has 168 valence electrons. The van der Waals surface area contributed by atoms with Gasteiger partial charge in [-0.1, -0.05) is 103 Å². The molecule has 1 N–H and O–H groups in total. The zero-order chi connectivity index (χ0) is 23.0. The number of carbonyl (C=O) groups excluding carboxylic acids is 2. The molecule has 33 heavy (non-hydrogen) atoms. The Balaban J connectivity index is 1.43. The summed E-state index contributed by atoms with van der Waals surface area (Å²) in [5.74, 6) is -0.324. The van der Waals surface area contributed by atoms with E-state index >= 15 is 0 Å². The lowest BCUT2D eigenvalue weighted by atomic mass is 9.81. The summed E-state index contributed by atoms with van der Waals surface area (Å²) in [7, 11) is 0. The lowest BCUT2D eigenvalue weighted by molar-refractivity contribution is -0.155. The highest BCUT2D eigenvalue weighted by Crippen LogP contribution is 2.33. The van der Waals surface area contributed by atoms with Crippen LogP contribution in [0.15, 0.2) is 97.1 Å². The van der Waals surface area contributed by atoms with E-state index in [0.717, 1.165) is 16.7 Å². The number of likely N-dealkylation sites (tertiary alicyclic amines) is 1. The van der Waals surface area contributed by atoms with Crippen LogP contribution in [-0.4, -0.2) is 29.0 Å². The number of hydrogen-bond acceptors (Lipinski definition) is 3. The Bertz CT molecular complexity index is 1080. The van der Waals surface area contributed by atoms with Crippen molar-refractivity contribution in [3.05, 3.63) is 114 Å². The molecule has 0 spiro atoms. The molecule has 1 fully saturated rings. The zero-order valence-electron chi connectivity index (χ0n) is 18.6. The van der Waals surface area contributed by atoms with Crippen LogP contribution in [0.4, 0.5) is 4.79 Å². The number of ether oxygens (including phenoxy) is 1. The van der Waals surface area contributed by atoms with Crippen molar-refractivity contribution in [2.75, 3.05) is 0 Å². The fourth-order valence-corrected chi connectivity index (χ4v) is 4.11. The van der Waals surface area contributed by atoms with Gasteiger partial charge in [-0.05, 0) is 23.6 Å². The van der Waals surface area contributed by atoms with Crippen molar-refractivity contribution >= 4 is 18.1 Å². The number of β-lactam (4-membered cyclic amide) rings is 1. The van der Waals surface area contributed by atoms with Crippen molar-refractivity contribution in [2.24, 2.45) is 5.92 Å². The zero-order valence-corrected chi connectivity index (χ0v) is 18.6. The van der Waals surface area contributed by atoms with Gasteiger partial charge in [0.15, 0.2) is 0 Å². The molecule has 3 aromatic carbocycles. The van der Waals surface area contributed by atoms with Crippen LogP contribution in [0.1, 0.15) is 23.6 Å². The van der Waals surface area contributed by atoms with Gasteiger partial charge in [-0.25, -0.2) is 4.79 Å². The van der Waals surface area contributed by atoms with Crippen LogP contribution in [0.5, 0.6) is 0 Å². The summed E-state index contributed by atoms with van der Waals surface area (Å²) in [6.45, 7) is 2.58. The monoisotopic (exact) mass is 440 g/mol. The van der Waals surface area contributed by atoms with Gasteiger partial charge in [0.1, 0.15) is 6.61 Å². The normalized spacial score (nSPS) is 18.6. The standard InChI is InChI=1S/C28H28N2O3/c1-21(29-28(32)33-20-24-15-9-4-10-16-24)26-25(18-17-22-11-5-2-6-12-22)30(27(26)31)19-23-13-7-3-8-14-23/h2-18,21,25-26H,19-20H2,1H3,(H,29,32)/b18-17+/t21-,25+,26+/m0/s1. The summed E-state index contributed by atoms with van der Waals surface area (Å²) in [5.41, 5.74) is 3.06. The second-order valence-corrected chi connectivity index (χ2v) is 8.23. The number of nitrogens with one attached hydrogen (secondary N) is 1. The van der Waals surface area contributed by atoms with Crippen molar-refractivity contribution < 1.29 is 14.3 Å². The number of nitrogens with zero attached hydrogens (tertiary/aromatic N) is 1. The van der Waals surface area contributed by atoms with Gasteiger partial charge in [0, 0.05) is 12.6 Å². The van der Waals surface area contributed by atoms with Crippen LogP contribution in [0.25, 0.3) is 6.08 Å². The second kappa shape index (κ2) is 10.6. The third kappa shape index (κ3) is 5.69. The maximum absolute atomic E-state index is 13.1. The van der Waals surface area contributed by atoms with E-state index in [2.05, 4.69) is 11.4 Å². The lowest BCUT2D eigenvalue weighted by Gasteiger charge is -2.48. The molecule has 5 heteroatoms. The predicted octanol–water partition coefficient (Wildman–Crippen LogP) is 5.04. The van der Waals surface area contributed by atoms with E-state index in [-0.39, 0.29) is 30.5 Å². The average molecular weight is 441 g/mol. The highest BCUT2D eigenvalue weighted by atomic mass is 16.5. The highest BCUT2D eigenvalue weighted by molar-refractivity contribution is 5.88. The van der Waals surface area contributed by atoms with Crippen LogP contribution >= 0.6 is 0 Å². The number of carbonyl (C=O) groups is 2. The largest absolute Gasteiger partial charge is 0.445 e. The molecule has 3 atom stereocenters. The Morgan fingerprint density at radius 2 is 1.52 bits per heavy atom. The molecule has 3 aromatic rings. The van der Waals surface area contributed by atoms with Gasteiger partial charge in [0.25, 0.3) is 0 Å². The molecule has 0 saturated carbocycles. The molecule has 0 unspecified atom stereocenters.